The molecule has 2 heterocycles. The van der Waals surface area contributed by atoms with E-state index in [-0.39, 0.29) is 5.92 Å². The lowest BCUT2D eigenvalue weighted by Gasteiger charge is -2.09. The molecule has 0 bridgehead atoms. The largest absolute Gasteiger partial charge is 0.384 e. The third-order valence-electron chi connectivity index (χ3n) is 3.04. The summed E-state index contributed by atoms with van der Waals surface area (Å²) in [5, 5.41) is 4.58. The zero-order chi connectivity index (χ0) is 14.0. The molecule has 0 spiro atoms. The molecule has 2 rings (SSSR count). The number of nitrogens with zero attached hydrogens (tertiary/aromatic N) is 4. The van der Waals surface area contributed by atoms with Crippen LogP contribution in [0.1, 0.15) is 50.8 Å². The predicted molar refractivity (Wildman–Crippen MR) is 76.4 cm³/mol. The van der Waals surface area contributed by atoms with Gasteiger partial charge in [-0.25, -0.2) is 14.6 Å². The highest BCUT2D eigenvalue weighted by Crippen LogP contribution is 2.17. The molecule has 0 saturated heterocycles. The van der Waals surface area contributed by atoms with Gasteiger partial charge in [0, 0.05) is 17.7 Å². The minimum atomic E-state index is 0.244. The van der Waals surface area contributed by atoms with Crippen molar-refractivity contribution >= 4 is 5.82 Å². The van der Waals surface area contributed by atoms with E-state index in [4.69, 9.17) is 5.73 Å². The Hall–Kier alpha value is -1.91. The second-order valence-electron chi connectivity index (χ2n) is 4.91. The Kier molecular flexibility index (Phi) is 3.83. The first kappa shape index (κ1) is 13.5. The summed E-state index contributed by atoms with van der Waals surface area (Å²) in [7, 11) is 0. The van der Waals surface area contributed by atoms with Gasteiger partial charge in [-0.05, 0) is 18.9 Å². The van der Waals surface area contributed by atoms with Crippen LogP contribution < -0.4 is 5.73 Å². The lowest BCUT2D eigenvalue weighted by atomic mass is 10.2. The fraction of sp³-hybridized carbons (Fsp3) is 0.500. The molecule has 102 valence electrons. The van der Waals surface area contributed by atoms with E-state index in [9.17, 15) is 0 Å². The monoisotopic (exact) mass is 259 g/mol. The minimum absolute atomic E-state index is 0.244. The second kappa shape index (κ2) is 5.38. The van der Waals surface area contributed by atoms with Crippen molar-refractivity contribution in [3.63, 3.8) is 0 Å². The Bertz CT molecular complexity index is 571. The van der Waals surface area contributed by atoms with Crippen LogP contribution in [0.5, 0.6) is 0 Å². The average molecular weight is 259 g/mol. The van der Waals surface area contributed by atoms with Crippen molar-refractivity contribution in [3.8, 4) is 5.82 Å². The highest BCUT2D eigenvalue weighted by Gasteiger charge is 2.12. The summed E-state index contributed by atoms with van der Waals surface area (Å²) >= 11 is 0. The molecule has 2 aromatic heterocycles. The van der Waals surface area contributed by atoms with Crippen molar-refractivity contribution in [2.24, 2.45) is 0 Å². The molecular formula is C14H21N5. The molecule has 0 unspecified atom stereocenters. The lowest BCUT2D eigenvalue weighted by Crippen LogP contribution is -2.10. The molecule has 0 atom stereocenters. The van der Waals surface area contributed by atoms with Crippen LogP contribution in [0, 0.1) is 0 Å². The molecule has 2 aromatic rings. The summed E-state index contributed by atoms with van der Waals surface area (Å²) in [4.78, 5) is 8.84. The number of nitrogen functional groups attached to an aromatic ring is 1. The van der Waals surface area contributed by atoms with E-state index in [0.29, 0.717) is 5.82 Å². The summed E-state index contributed by atoms with van der Waals surface area (Å²) < 4.78 is 1.88. The maximum absolute atomic E-state index is 5.87. The number of aryl methyl sites for hydroxylation is 2. The van der Waals surface area contributed by atoms with Crippen LogP contribution in [0.25, 0.3) is 5.82 Å². The number of rotatable bonds is 4. The third-order valence-corrected chi connectivity index (χ3v) is 3.04. The standard InChI is InChI=1S/C14H21N5/c1-5-10-7-11(6-2)19(18-10)13-8-12(15)16-14(17-13)9(3)4/h7-9H,5-6H2,1-4H3,(H2,15,16,17). The Labute approximate surface area is 113 Å². The molecule has 5 nitrogen and oxygen atoms in total. The number of hydrogen-bond acceptors (Lipinski definition) is 4. The Balaban J connectivity index is 2.54. The fourth-order valence-electron chi connectivity index (χ4n) is 1.94. The predicted octanol–water partition coefficient (Wildman–Crippen LogP) is 2.49. The fourth-order valence-corrected chi connectivity index (χ4v) is 1.94. The molecule has 0 radical (unpaired) electrons. The topological polar surface area (TPSA) is 69.6 Å². The average Bonchev–Trinajstić information content (AvgIpc) is 2.81. The lowest BCUT2D eigenvalue weighted by molar-refractivity contribution is 0.726. The van der Waals surface area contributed by atoms with Crippen molar-refractivity contribution in [1.29, 1.82) is 0 Å². The molecule has 0 aliphatic carbocycles. The van der Waals surface area contributed by atoms with Gasteiger partial charge in [0.25, 0.3) is 0 Å². The van der Waals surface area contributed by atoms with E-state index in [0.717, 1.165) is 35.9 Å². The summed E-state index contributed by atoms with van der Waals surface area (Å²) in [6.07, 6.45) is 1.82. The number of anilines is 1. The summed E-state index contributed by atoms with van der Waals surface area (Å²) in [5.74, 6) is 2.25. The third kappa shape index (κ3) is 2.75. The quantitative estimate of drug-likeness (QED) is 0.915. The van der Waals surface area contributed by atoms with E-state index in [1.807, 2.05) is 4.68 Å². The Morgan fingerprint density at radius 1 is 1.16 bits per heavy atom. The molecule has 0 aliphatic rings. The van der Waals surface area contributed by atoms with Crippen LogP contribution in [0.2, 0.25) is 0 Å². The molecule has 0 aromatic carbocycles. The smallest absolute Gasteiger partial charge is 0.159 e. The molecule has 0 amide bonds. The highest BCUT2D eigenvalue weighted by molar-refractivity contribution is 5.38. The van der Waals surface area contributed by atoms with Gasteiger partial charge in [-0.2, -0.15) is 5.10 Å². The van der Waals surface area contributed by atoms with Crippen molar-refractivity contribution in [3.05, 3.63) is 29.3 Å². The van der Waals surface area contributed by atoms with Gasteiger partial charge in [0.15, 0.2) is 5.82 Å². The normalized spacial score (nSPS) is 11.2. The first-order valence-electron chi connectivity index (χ1n) is 6.77. The summed E-state index contributed by atoms with van der Waals surface area (Å²) in [6.45, 7) is 8.32. The zero-order valence-corrected chi connectivity index (χ0v) is 12.0. The van der Waals surface area contributed by atoms with E-state index in [1.165, 1.54) is 0 Å². The van der Waals surface area contributed by atoms with Crippen LogP contribution in [-0.2, 0) is 12.8 Å². The molecule has 2 N–H and O–H groups in total. The summed E-state index contributed by atoms with van der Waals surface area (Å²) in [5.41, 5.74) is 8.09. The van der Waals surface area contributed by atoms with Crippen LogP contribution >= 0.6 is 0 Å². The molecule has 5 heteroatoms. The Morgan fingerprint density at radius 3 is 2.47 bits per heavy atom. The number of aromatic nitrogens is 4. The van der Waals surface area contributed by atoms with Crippen LogP contribution in [-0.4, -0.2) is 19.7 Å². The van der Waals surface area contributed by atoms with Crippen LogP contribution in [0.15, 0.2) is 12.1 Å². The highest BCUT2D eigenvalue weighted by atomic mass is 15.3. The molecule has 19 heavy (non-hydrogen) atoms. The van der Waals surface area contributed by atoms with E-state index in [1.54, 1.807) is 6.07 Å². The summed E-state index contributed by atoms with van der Waals surface area (Å²) in [6, 6.07) is 3.89. The minimum Gasteiger partial charge on any atom is -0.384 e. The van der Waals surface area contributed by atoms with Crippen molar-refractivity contribution in [2.45, 2.75) is 46.5 Å². The first-order valence-corrected chi connectivity index (χ1v) is 6.77. The Morgan fingerprint density at radius 2 is 1.89 bits per heavy atom. The molecule has 0 aliphatic heterocycles. The van der Waals surface area contributed by atoms with Crippen molar-refractivity contribution < 1.29 is 0 Å². The van der Waals surface area contributed by atoms with Gasteiger partial charge in [-0.15, -0.1) is 0 Å². The maximum Gasteiger partial charge on any atom is 0.159 e. The van der Waals surface area contributed by atoms with Gasteiger partial charge in [0.05, 0.1) is 5.69 Å². The first-order chi connectivity index (χ1) is 9.05. The molecular weight excluding hydrogens is 238 g/mol. The van der Waals surface area contributed by atoms with Crippen LogP contribution in [0.3, 0.4) is 0 Å². The van der Waals surface area contributed by atoms with Gasteiger partial charge in [-0.3, -0.25) is 0 Å². The number of nitrogens with two attached hydrogens (primary N) is 1. The molecule has 0 fully saturated rings. The van der Waals surface area contributed by atoms with Gasteiger partial charge in [0.2, 0.25) is 0 Å². The van der Waals surface area contributed by atoms with E-state index < -0.39 is 0 Å². The SMILES string of the molecule is CCc1cc(CC)n(-c2cc(N)nc(C(C)C)n2)n1. The van der Waals surface area contributed by atoms with E-state index in [2.05, 4.69) is 48.8 Å². The zero-order valence-electron chi connectivity index (χ0n) is 12.0. The maximum atomic E-state index is 5.87. The van der Waals surface area contributed by atoms with Crippen molar-refractivity contribution in [1.82, 2.24) is 19.7 Å². The number of hydrogen-bond donors (Lipinski definition) is 1. The second-order valence-corrected chi connectivity index (χ2v) is 4.91. The van der Waals surface area contributed by atoms with Gasteiger partial charge < -0.3 is 5.73 Å². The van der Waals surface area contributed by atoms with Crippen LogP contribution in [0.4, 0.5) is 5.82 Å². The molecule has 0 saturated carbocycles. The van der Waals surface area contributed by atoms with Gasteiger partial charge in [0.1, 0.15) is 11.6 Å². The van der Waals surface area contributed by atoms with Gasteiger partial charge >= 0.3 is 0 Å². The van der Waals surface area contributed by atoms with E-state index >= 15 is 0 Å². The van der Waals surface area contributed by atoms with Gasteiger partial charge in [-0.1, -0.05) is 27.7 Å². The van der Waals surface area contributed by atoms with Crippen molar-refractivity contribution in [2.75, 3.05) is 5.73 Å².